The van der Waals surface area contributed by atoms with Crippen LogP contribution in [0.5, 0.6) is 23.1 Å². The minimum atomic E-state index is -0.209. The number of nitrogens with one attached hydrogen (secondary N) is 1. The fourth-order valence-corrected chi connectivity index (χ4v) is 5.06. The Hall–Kier alpha value is -4.15. The topological polar surface area (TPSA) is 116 Å². The Morgan fingerprint density at radius 3 is 2.55 bits per heavy atom. The minimum Gasteiger partial charge on any atom is -0.496 e. The van der Waals surface area contributed by atoms with E-state index in [0.29, 0.717) is 62.9 Å². The van der Waals surface area contributed by atoms with E-state index >= 15 is 0 Å². The number of thioether (sulfide) groups is 1. The third kappa shape index (κ3) is 5.00. The summed E-state index contributed by atoms with van der Waals surface area (Å²) in [5, 5.41) is 13.4. The van der Waals surface area contributed by atoms with Crippen molar-refractivity contribution in [2.24, 2.45) is 0 Å². The molecule has 194 valence electrons. The van der Waals surface area contributed by atoms with Gasteiger partial charge in [-0.2, -0.15) is 4.98 Å². The number of amides is 1. The van der Waals surface area contributed by atoms with E-state index in [-0.39, 0.29) is 18.3 Å². The summed E-state index contributed by atoms with van der Waals surface area (Å²) in [5.74, 6) is 2.48. The van der Waals surface area contributed by atoms with Crippen LogP contribution in [0.2, 0.25) is 0 Å². The molecule has 0 radical (unpaired) electrons. The SMILES string of the molecule is COc1ccccc1NC(=O)CSc1nc(-c2ccccc2OC)nc2c1Cc1c(CO)cnc(C)c1O2. The highest BCUT2D eigenvalue weighted by Gasteiger charge is 2.28. The number of hydrogen-bond acceptors (Lipinski definition) is 9. The lowest BCUT2D eigenvalue weighted by Gasteiger charge is -2.24. The zero-order valence-electron chi connectivity index (χ0n) is 21.1. The van der Waals surface area contributed by atoms with E-state index in [4.69, 9.17) is 24.2 Å². The lowest BCUT2D eigenvalue weighted by Crippen LogP contribution is -2.16. The highest BCUT2D eigenvalue weighted by molar-refractivity contribution is 8.00. The lowest BCUT2D eigenvalue weighted by atomic mass is 9.99. The summed E-state index contributed by atoms with van der Waals surface area (Å²) < 4.78 is 17.1. The van der Waals surface area contributed by atoms with Crippen molar-refractivity contribution in [1.82, 2.24) is 15.0 Å². The highest BCUT2D eigenvalue weighted by Crippen LogP contribution is 2.43. The molecule has 0 saturated carbocycles. The molecule has 0 saturated heterocycles. The number of methoxy groups -OCH3 is 2. The first-order valence-electron chi connectivity index (χ1n) is 11.9. The van der Waals surface area contributed by atoms with Crippen LogP contribution >= 0.6 is 11.8 Å². The zero-order chi connectivity index (χ0) is 26.6. The molecule has 1 aliphatic heterocycles. The molecule has 0 unspecified atom stereocenters. The van der Waals surface area contributed by atoms with Gasteiger partial charge in [-0.3, -0.25) is 9.78 Å². The number of rotatable bonds is 8. The maximum absolute atomic E-state index is 12.9. The van der Waals surface area contributed by atoms with Crippen molar-refractivity contribution in [2.75, 3.05) is 25.3 Å². The van der Waals surface area contributed by atoms with Gasteiger partial charge in [0, 0.05) is 23.7 Å². The Bertz CT molecular complexity index is 1510. The van der Waals surface area contributed by atoms with Gasteiger partial charge >= 0.3 is 0 Å². The van der Waals surface area contributed by atoms with Crippen molar-refractivity contribution in [3.63, 3.8) is 0 Å². The Labute approximate surface area is 224 Å². The van der Waals surface area contributed by atoms with Crippen molar-refractivity contribution < 1.29 is 24.1 Å². The van der Waals surface area contributed by atoms with Gasteiger partial charge in [0.15, 0.2) is 11.6 Å². The number of para-hydroxylation sites is 3. The molecule has 2 aromatic heterocycles. The molecule has 0 bridgehead atoms. The third-order valence-corrected chi connectivity index (χ3v) is 7.14. The number of fused-ring (bicyclic) bond motifs is 2. The average molecular weight is 531 g/mol. The molecule has 1 aliphatic rings. The molecule has 4 aromatic rings. The van der Waals surface area contributed by atoms with E-state index < -0.39 is 0 Å². The van der Waals surface area contributed by atoms with Crippen LogP contribution in [0.4, 0.5) is 5.69 Å². The van der Waals surface area contributed by atoms with E-state index in [1.54, 1.807) is 32.5 Å². The van der Waals surface area contributed by atoms with Gasteiger partial charge in [-0.05, 0) is 31.2 Å². The minimum absolute atomic E-state index is 0.0992. The van der Waals surface area contributed by atoms with Crippen LogP contribution in [-0.4, -0.2) is 45.9 Å². The largest absolute Gasteiger partial charge is 0.496 e. The van der Waals surface area contributed by atoms with Crippen LogP contribution in [-0.2, 0) is 17.8 Å². The molecule has 10 heteroatoms. The number of aromatic nitrogens is 3. The molecule has 38 heavy (non-hydrogen) atoms. The fourth-order valence-electron chi connectivity index (χ4n) is 4.23. The van der Waals surface area contributed by atoms with E-state index in [2.05, 4.69) is 10.3 Å². The van der Waals surface area contributed by atoms with Crippen LogP contribution in [0, 0.1) is 6.92 Å². The number of carbonyl (C=O) groups is 1. The first-order chi connectivity index (χ1) is 18.5. The third-order valence-electron chi connectivity index (χ3n) is 6.13. The van der Waals surface area contributed by atoms with Gasteiger partial charge < -0.3 is 24.6 Å². The number of ether oxygens (including phenoxy) is 3. The predicted octanol–water partition coefficient (Wildman–Crippen LogP) is 4.78. The van der Waals surface area contributed by atoms with Crippen molar-refractivity contribution in [1.29, 1.82) is 0 Å². The van der Waals surface area contributed by atoms with E-state index in [1.165, 1.54) is 11.8 Å². The molecule has 0 atom stereocenters. The van der Waals surface area contributed by atoms with Crippen molar-refractivity contribution in [3.8, 4) is 34.5 Å². The van der Waals surface area contributed by atoms with Crippen LogP contribution in [0.3, 0.4) is 0 Å². The Morgan fingerprint density at radius 2 is 1.79 bits per heavy atom. The molecule has 0 aliphatic carbocycles. The average Bonchev–Trinajstić information content (AvgIpc) is 2.95. The maximum atomic E-state index is 12.9. The number of anilines is 1. The number of benzene rings is 2. The molecule has 1 amide bonds. The number of aliphatic hydroxyl groups is 1. The summed E-state index contributed by atoms with van der Waals surface area (Å²) in [6, 6.07) is 14.7. The second kappa shape index (κ2) is 11.1. The van der Waals surface area contributed by atoms with Crippen LogP contribution < -0.4 is 19.5 Å². The molecule has 0 fully saturated rings. The smallest absolute Gasteiger partial charge is 0.234 e. The van der Waals surface area contributed by atoms with Gasteiger partial charge in [0.05, 0.1) is 49.1 Å². The predicted molar refractivity (Wildman–Crippen MR) is 144 cm³/mol. The number of hydrogen-bond donors (Lipinski definition) is 2. The van der Waals surface area contributed by atoms with Crippen molar-refractivity contribution in [2.45, 2.75) is 25.0 Å². The molecule has 2 N–H and O–H groups in total. The molecular formula is C28H26N4O5S. The van der Waals surface area contributed by atoms with Crippen molar-refractivity contribution >= 4 is 23.4 Å². The molecular weight excluding hydrogens is 504 g/mol. The van der Waals surface area contributed by atoms with Gasteiger partial charge in [-0.1, -0.05) is 36.0 Å². The zero-order valence-corrected chi connectivity index (χ0v) is 22.0. The molecule has 5 rings (SSSR count). The number of aliphatic hydroxyl groups excluding tert-OH is 1. The van der Waals surface area contributed by atoms with Gasteiger partial charge in [0.25, 0.3) is 0 Å². The lowest BCUT2D eigenvalue weighted by molar-refractivity contribution is -0.113. The Balaban J connectivity index is 1.51. The molecule has 9 nitrogen and oxygen atoms in total. The van der Waals surface area contributed by atoms with E-state index in [9.17, 15) is 9.90 Å². The first-order valence-corrected chi connectivity index (χ1v) is 12.9. The van der Waals surface area contributed by atoms with Gasteiger partial charge in [0.2, 0.25) is 11.8 Å². The monoisotopic (exact) mass is 530 g/mol. The standard InChI is InChI=1S/C28H26N4O5S/c1-16-25-19(17(14-33)13-29-16)12-20-27(37-25)31-26(18-8-4-6-10-22(18)35-2)32-28(20)38-15-24(34)30-21-9-5-7-11-23(21)36-3/h4-11,13,33H,12,14-15H2,1-3H3,(H,30,34). The normalized spacial score (nSPS) is 11.7. The number of aryl methyl sites for hydroxylation is 1. The molecule has 2 aromatic carbocycles. The second-order valence-electron chi connectivity index (χ2n) is 8.49. The van der Waals surface area contributed by atoms with Gasteiger partial charge in [0.1, 0.15) is 16.5 Å². The van der Waals surface area contributed by atoms with Gasteiger partial charge in [-0.15, -0.1) is 0 Å². The number of carbonyl (C=O) groups excluding carboxylic acids is 1. The summed E-state index contributed by atoms with van der Waals surface area (Å²) >= 11 is 1.29. The molecule has 3 heterocycles. The van der Waals surface area contributed by atoms with E-state index in [1.807, 2.05) is 43.3 Å². The van der Waals surface area contributed by atoms with E-state index in [0.717, 1.165) is 11.1 Å². The number of nitrogens with zero attached hydrogens (tertiary/aromatic N) is 3. The summed E-state index contributed by atoms with van der Waals surface area (Å²) in [6.07, 6.45) is 2.09. The van der Waals surface area contributed by atoms with Crippen LogP contribution in [0.25, 0.3) is 11.4 Å². The Kier molecular flexibility index (Phi) is 7.43. The first kappa shape index (κ1) is 25.5. The summed E-state index contributed by atoms with van der Waals surface area (Å²) in [4.78, 5) is 26.8. The summed E-state index contributed by atoms with van der Waals surface area (Å²) in [6.45, 7) is 1.68. The van der Waals surface area contributed by atoms with Crippen LogP contribution in [0.1, 0.15) is 22.4 Å². The summed E-state index contributed by atoms with van der Waals surface area (Å²) in [5.41, 5.74) is 4.24. The highest BCUT2D eigenvalue weighted by atomic mass is 32.2. The molecule has 0 spiro atoms. The van der Waals surface area contributed by atoms with Gasteiger partial charge in [-0.25, -0.2) is 4.98 Å². The Morgan fingerprint density at radius 1 is 1.05 bits per heavy atom. The second-order valence-corrected chi connectivity index (χ2v) is 9.45. The maximum Gasteiger partial charge on any atom is 0.234 e. The number of pyridine rings is 1. The van der Waals surface area contributed by atoms with Crippen LogP contribution in [0.15, 0.2) is 59.8 Å². The fraction of sp³-hybridized carbons (Fsp3) is 0.214. The summed E-state index contributed by atoms with van der Waals surface area (Å²) in [7, 11) is 3.15. The van der Waals surface area contributed by atoms with Crippen molar-refractivity contribution in [3.05, 3.63) is 77.1 Å². The quantitative estimate of drug-likeness (QED) is 0.216.